The molecule has 0 aliphatic carbocycles. The molecule has 2 nitrogen and oxygen atoms in total. The molecule has 3 heteroatoms. The van der Waals surface area contributed by atoms with Crippen LogP contribution in [0, 0.1) is 11.8 Å². The second kappa shape index (κ2) is 5.99. The van der Waals surface area contributed by atoms with Gasteiger partial charge in [0.2, 0.25) is 0 Å². The maximum Gasteiger partial charge on any atom is 0.0820 e. The van der Waals surface area contributed by atoms with Crippen molar-refractivity contribution < 1.29 is 5.11 Å². The zero-order valence-electron chi connectivity index (χ0n) is 10.2. The van der Waals surface area contributed by atoms with E-state index in [0.29, 0.717) is 12.8 Å². The molecule has 1 unspecified atom stereocenters. The van der Waals surface area contributed by atoms with Crippen molar-refractivity contribution >= 4 is 26.8 Å². The van der Waals surface area contributed by atoms with E-state index in [9.17, 15) is 5.11 Å². The summed E-state index contributed by atoms with van der Waals surface area (Å²) in [5.41, 5.74) is 1.72. The molecular weight excluding hydrogens is 290 g/mol. The van der Waals surface area contributed by atoms with Crippen LogP contribution in [0.25, 0.3) is 10.9 Å². The number of benzene rings is 1. The molecule has 1 N–H and O–H groups in total. The Balaban J connectivity index is 2.38. The van der Waals surface area contributed by atoms with Gasteiger partial charge in [-0.2, -0.15) is 0 Å². The summed E-state index contributed by atoms with van der Waals surface area (Å²) >= 11 is 3.50. The molecule has 0 saturated heterocycles. The summed E-state index contributed by atoms with van der Waals surface area (Å²) in [6.07, 6.45) is 2.56. The van der Waals surface area contributed by atoms with Crippen molar-refractivity contribution in [2.45, 2.75) is 25.9 Å². The lowest BCUT2D eigenvalue weighted by molar-refractivity contribution is 0.171. The molecule has 0 radical (unpaired) electrons. The number of nitrogens with zero attached hydrogens (tertiary/aromatic N) is 1. The molecule has 1 atom stereocenters. The van der Waals surface area contributed by atoms with Crippen molar-refractivity contribution in [1.82, 2.24) is 4.98 Å². The lowest BCUT2D eigenvalue weighted by atomic mass is 10.0. The Hall–Kier alpha value is -1.37. The highest BCUT2D eigenvalue weighted by molar-refractivity contribution is 9.10. The minimum atomic E-state index is -0.517. The molecule has 1 aromatic carbocycles. The minimum Gasteiger partial charge on any atom is -0.388 e. The normalized spacial score (nSPS) is 11.9. The first kappa shape index (κ1) is 13.1. The standard InChI is InChI=1S/C15H14BrNO/c1-2-3-4-7-14(18)12-8-9-13(16)11-6-5-10-17-15(11)12/h5-6,8-10,14,18H,4,7H2,1H3. The van der Waals surface area contributed by atoms with Crippen molar-refractivity contribution in [3.63, 3.8) is 0 Å². The molecule has 2 rings (SSSR count). The Kier molecular flexibility index (Phi) is 4.35. The molecular formula is C15H14BrNO. The zero-order chi connectivity index (χ0) is 13.0. The van der Waals surface area contributed by atoms with E-state index in [4.69, 9.17) is 0 Å². The molecule has 0 fully saturated rings. The van der Waals surface area contributed by atoms with E-state index in [2.05, 4.69) is 32.8 Å². The first-order chi connectivity index (χ1) is 8.74. The van der Waals surface area contributed by atoms with Gasteiger partial charge in [-0.25, -0.2) is 0 Å². The van der Waals surface area contributed by atoms with Gasteiger partial charge in [0.05, 0.1) is 11.6 Å². The lowest BCUT2D eigenvalue weighted by Gasteiger charge is -2.12. The molecule has 1 aromatic heterocycles. The lowest BCUT2D eigenvalue weighted by Crippen LogP contribution is -1.99. The number of fused-ring (bicyclic) bond motifs is 1. The monoisotopic (exact) mass is 303 g/mol. The molecule has 0 bridgehead atoms. The fraction of sp³-hybridized carbons (Fsp3) is 0.267. The predicted octanol–water partition coefficient (Wildman–Crippen LogP) is 3.83. The minimum absolute atomic E-state index is 0.517. The van der Waals surface area contributed by atoms with Gasteiger partial charge in [-0.15, -0.1) is 11.8 Å². The summed E-state index contributed by atoms with van der Waals surface area (Å²) in [5, 5.41) is 11.2. The van der Waals surface area contributed by atoms with Crippen LogP contribution in [-0.4, -0.2) is 10.1 Å². The van der Waals surface area contributed by atoms with Crippen molar-refractivity contribution in [2.75, 3.05) is 0 Å². The summed E-state index contributed by atoms with van der Waals surface area (Å²) in [4.78, 5) is 4.37. The van der Waals surface area contributed by atoms with Crippen LogP contribution in [0.4, 0.5) is 0 Å². The van der Waals surface area contributed by atoms with Gasteiger partial charge in [-0.1, -0.05) is 28.1 Å². The Bertz CT molecular complexity index is 613. The smallest absolute Gasteiger partial charge is 0.0820 e. The van der Waals surface area contributed by atoms with E-state index in [1.54, 1.807) is 6.20 Å². The predicted molar refractivity (Wildman–Crippen MR) is 77.1 cm³/mol. The third kappa shape index (κ3) is 2.72. The first-order valence-electron chi connectivity index (χ1n) is 5.85. The number of pyridine rings is 1. The molecule has 0 aliphatic rings. The van der Waals surface area contributed by atoms with Gasteiger partial charge in [0.25, 0.3) is 0 Å². The van der Waals surface area contributed by atoms with E-state index >= 15 is 0 Å². The van der Waals surface area contributed by atoms with Crippen LogP contribution in [0.3, 0.4) is 0 Å². The van der Waals surface area contributed by atoms with Gasteiger partial charge >= 0.3 is 0 Å². The van der Waals surface area contributed by atoms with Crippen LogP contribution in [0.1, 0.15) is 31.4 Å². The highest BCUT2D eigenvalue weighted by atomic mass is 79.9. The number of rotatable bonds is 3. The van der Waals surface area contributed by atoms with Crippen LogP contribution in [0.5, 0.6) is 0 Å². The Morgan fingerprint density at radius 2 is 2.22 bits per heavy atom. The number of aromatic nitrogens is 1. The number of halogens is 1. The highest BCUT2D eigenvalue weighted by Gasteiger charge is 2.12. The maximum atomic E-state index is 10.2. The van der Waals surface area contributed by atoms with Crippen LogP contribution in [-0.2, 0) is 0 Å². The average Bonchev–Trinajstić information content (AvgIpc) is 2.39. The van der Waals surface area contributed by atoms with Crippen LogP contribution >= 0.6 is 15.9 Å². The summed E-state index contributed by atoms with van der Waals surface area (Å²) in [7, 11) is 0. The topological polar surface area (TPSA) is 33.1 Å². The largest absolute Gasteiger partial charge is 0.388 e. The second-order valence-corrected chi connectivity index (χ2v) is 4.87. The summed E-state index contributed by atoms with van der Waals surface area (Å²) < 4.78 is 0.995. The fourth-order valence-electron chi connectivity index (χ4n) is 1.92. The Morgan fingerprint density at radius 1 is 1.39 bits per heavy atom. The quantitative estimate of drug-likeness (QED) is 0.874. The SMILES string of the molecule is CC#CCCC(O)c1ccc(Br)c2cccnc12. The van der Waals surface area contributed by atoms with Crippen LogP contribution < -0.4 is 0 Å². The summed E-state index contributed by atoms with van der Waals surface area (Å²) in [6.45, 7) is 1.81. The van der Waals surface area contributed by atoms with Gasteiger partial charge in [-0.3, -0.25) is 4.98 Å². The van der Waals surface area contributed by atoms with Crippen molar-refractivity contribution in [3.05, 3.63) is 40.5 Å². The zero-order valence-corrected chi connectivity index (χ0v) is 11.7. The number of hydrogen-bond acceptors (Lipinski definition) is 2. The third-order valence-electron chi connectivity index (χ3n) is 2.83. The molecule has 1 heterocycles. The van der Waals surface area contributed by atoms with E-state index in [0.717, 1.165) is 20.9 Å². The van der Waals surface area contributed by atoms with Crippen LogP contribution in [0.15, 0.2) is 34.9 Å². The number of hydrogen-bond donors (Lipinski definition) is 1. The van der Waals surface area contributed by atoms with Gasteiger partial charge in [0.15, 0.2) is 0 Å². The molecule has 18 heavy (non-hydrogen) atoms. The average molecular weight is 304 g/mol. The summed E-state index contributed by atoms with van der Waals surface area (Å²) in [5.74, 6) is 5.81. The summed E-state index contributed by atoms with van der Waals surface area (Å²) in [6, 6.07) is 7.76. The molecule has 2 aromatic rings. The maximum absolute atomic E-state index is 10.2. The Morgan fingerprint density at radius 3 is 3.00 bits per heavy atom. The molecule has 0 amide bonds. The first-order valence-corrected chi connectivity index (χ1v) is 6.64. The molecule has 0 spiro atoms. The number of aliphatic hydroxyl groups is 1. The van der Waals surface area contributed by atoms with Gasteiger partial charge in [0.1, 0.15) is 0 Å². The van der Waals surface area contributed by atoms with E-state index in [1.807, 2.05) is 31.2 Å². The van der Waals surface area contributed by atoms with Gasteiger partial charge < -0.3 is 5.11 Å². The molecule has 92 valence electrons. The van der Waals surface area contributed by atoms with Gasteiger partial charge in [-0.05, 0) is 25.5 Å². The van der Waals surface area contributed by atoms with E-state index < -0.39 is 6.10 Å². The highest BCUT2D eigenvalue weighted by Crippen LogP contribution is 2.30. The molecule has 0 aliphatic heterocycles. The van der Waals surface area contributed by atoms with Crippen molar-refractivity contribution in [2.24, 2.45) is 0 Å². The van der Waals surface area contributed by atoms with E-state index in [1.165, 1.54) is 0 Å². The van der Waals surface area contributed by atoms with Gasteiger partial charge in [0, 0.05) is 28.0 Å². The van der Waals surface area contributed by atoms with E-state index in [-0.39, 0.29) is 0 Å². The Labute approximate surface area is 115 Å². The molecule has 0 saturated carbocycles. The second-order valence-electron chi connectivity index (χ2n) is 4.02. The van der Waals surface area contributed by atoms with Crippen molar-refractivity contribution in [3.8, 4) is 11.8 Å². The van der Waals surface area contributed by atoms with Crippen LogP contribution in [0.2, 0.25) is 0 Å². The van der Waals surface area contributed by atoms with Crippen molar-refractivity contribution in [1.29, 1.82) is 0 Å². The third-order valence-corrected chi connectivity index (χ3v) is 3.52. The fourth-order valence-corrected chi connectivity index (χ4v) is 2.37. The number of aliphatic hydroxyl groups excluding tert-OH is 1.